The summed E-state index contributed by atoms with van der Waals surface area (Å²) in [5.41, 5.74) is 8.76. The van der Waals surface area contributed by atoms with E-state index in [9.17, 15) is 0 Å². The Morgan fingerprint density at radius 3 is 1.76 bits per heavy atom. The molecule has 9 aromatic rings. The van der Waals surface area contributed by atoms with Gasteiger partial charge in [-0.1, -0.05) is 115 Å². The van der Waals surface area contributed by atoms with Crippen molar-refractivity contribution in [3.63, 3.8) is 0 Å². The second-order valence-corrected chi connectivity index (χ2v) is 11.4. The maximum atomic E-state index is 6.70. The molecule has 4 heteroatoms. The van der Waals surface area contributed by atoms with Crippen molar-refractivity contribution in [2.24, 2.45) is 0 Å². The van der Waals surface area contributed by atoms with Gasteiger partial charge in [0.25, 0.3) is 0 Å². The summed E-state index contributed by atoms with van der Waals surface area (Å²) in [6, 6.07) is 56.6. The second kappa shape index (κ2) is 10.7. The quantitative estimate of drug-likeness (QED) is 0.200. The molecule has 0 aliphatic carbocycles. The molecular formula is C42H27N3O. The Bertz CT molecular complexity index is 2480. The summed E-state index contributed by atoms with van der Waals surface area (Å²) in [6.07, 6.45) is 0. The number of nitrogens with zero attached hydrogens (tertiary/aromatic N) is 3. The van der Waals surface area contributed by atoms with Crippen LogP contribution in [-0.2, 0) is 0 Å². The van der Waals surface area contributed by atoms with Crippen molar-refractivity contribution in [1.82, 2.24) is 9.97 Å². The highest BCUT2D eigenvalue weighted by Gasteiger charge is 2.20. The standard InChI is InChI=1S/C42H27N3O/c1-4-14-28(15-5-1)40-35-22-12-13-23-37(35)43-42(44-40)29-24-25-33-36-27-38(32-20-10-11-21-34(32)41(36)46-39(33)26-29)45(30-16-6-2-7-17-30)31-18-8-3-9-19-31/h1-27H. The molecule has 216 valence electrons. The summed E-state index contributed by atoms with van der Waals surface area (Å²) in [6.45, 7) is 0. The van der Waals surface area contributed by atoms with Gasteiger partial charge in [-0.05, 0) is 48.5 Å². The molecule has 2 heterocycles. The van der Waals surface area contributed by atoms with Gasteiger partial charge in [0, 0.05) is 49.4 Å². The van der Waals surface area contributed by atoms with Gasteiger partial charge < -0.3 is 9.32 Å². The first-order valence-electron chi connectivity index (χ1n) is 15.4. The first-order chi connectivity index (χ1) is 22.8. The summed E-state index contributed by atoms with van der Waals surface area (Å²) in [5.74, 6) is 0.671. The largest absolute Gasteiger partial charge is 0.455 e. The lowest BCUT2D eigenvalue weighted by Crippen LogP contribution is -2.10. The maximum absolute atomic E-state index is 6.70. The maximum Gasteiger partial charge on any atom is 0.160 e. The van der Waals surface area contributed by atoms with Gasteiger partial charge in [0.1, 0.15) is 11.2 Å². The SMILES string of the molecule is c1ccc(-c2nc(-c3ccc4c(c3)oc3c5ccccc5c(N(c5ccccc5)c5ccccc5)cc43)nc3ccccc23)cc1. The molecule has 0 amide bonds. The number of hydrogen-bond donors (Lipinski definition) is 0. The minimum absolute atomic E-state index is 0.671. The summed E-state index contributed by atoms with van der Waals surface area (Å²) in [7, 11) is 0. The zero-order valence-electron chi connectivity index (χ0n) is 24.8. The molecule has 7 aromatic carbocycles. The van der Waals surface area contributed by atoms with Crippen molar-refractivity contribution in [3.8, 4) is 22.6 Å². The van der Waals surface area contributed by atoms with Crippen LogP contribution in [0.2, 0.25) is 0 Å². The van der Waals surface area contributed by atoms with Crippen LogP contribution in [0.4, 0.5) is 17.1 Å². The van der Waals surface area contributed by atoms with Gasteiger partial charge >= 0.3 is 0 Å². The number of fused-ring (bicyclic) bond motifs is 6. The lowest BCUT2D eigenvalue weighted by Gasteiger charge is -2.27. The van der Waals surface area contributed by atoms with Crippen molar-refractivity contribution < 1.29 is 4.42 Å². The van der Waals surface area contributed by atoms with Gasteiger partial charge in [0.05, 0.1) is 16.9 Å². The zero-order chi connectivity index (χ0) is 30.5. The summed E-state index contributed by atoms with van der Waals surface area (Å²) >= 11 is 0. The topological polar surface area (TPSA) is 42.2 Å². The Balaban J connectivity index is 1.26. The molecule has 9 rings (SSSR count). The zero-order valence-corrected chi connectivity index (χ0v) is 24.8. The van der Waals surface area contributed by atoms with E-state index in [2.05, 4.69) is 132 Å². The Morgan fingerprint density at radius 2 is 1.04 bits per heavy atom. The van der Waals surface area contributed by atoms with E-state index in [0.717, 1.165) is 77.5 Å². The molecular weight excluding hydrogens is 562 g/mol. The molecule has 0 aliphatic rings. The van der Waals surface area contributed by atoms with Gasteiger partial charge in [-0.3, -0.25) is 0 Å². The molecule has 4 nitrogen and oxygen atoms in total. The van der Waals surface area contributed by atoms with Crippen LogP contribution in [-0.4, -0.2) is 9.97 Å². The van der Waals surface area contributed by atoms with Gasteiger partial charge in [0.2, 0.25) is 0 Å². The van der Waals surface area contributed by atoms with Gasteiger partial charge in [-0.15, -0.1) is 0 Å². The fraction of sp³-hybridized carbons (Fsp3) is 0. The van der Waals surface area contributed by atoms with Crippen LogP contribution in [0.1, 0.15) is 0 Å². The highest BCUT2D eigenvalue weighted by atomic mass is 16.3. The minimum atomic E-state index is 0.671. The third-order valence-corrected chi connectivity index (χ3v) is 8.64. The van der Waals surface area contributed by atoms with E-state index in [1.54, 1.807) is 0 Å². The summed E-state index contributed by atoms with van der Waals surface area (Å²) in [4.78, 5) is 12.4. The molecule has 0 atom stereocenters. The number of para-hydroxylation sites is 3. The molecule has 0 saturated carbocycles. The monoisotopic (exact) mass is 589 g/mol. The van der Waals surface area contributed by atoms with Gasteiger partial charge in [-0.2, -0.15) is 0 Å². The molecule has 0 N–H and O–H groups in total. The van der Waals surface area contributed by atoms with Crippen molar-refractivity contribution in [2.45, 2.75) is 0 Å². The molecule has 0 unspecified atom stereocenters. The van der Waals surface area contributed by atoms with Crippen molar-refractivity contribution in [2.75, 3.05) is 4.90 Å². The first kappa shape index (κ1) is 26.2. The highest BCUT2D eigenvalue weighted by Crippen LogP contribution is 2.44. The van der Waals surface area contributed by atoms with Crippen LogP contribution in [0.3, 0.4) is 0 Å². The van der Waals surface area contributed by atoms with Gasteiger partial charge in [0.15, 0.2) is 5.82 Å². The number of aromatic nitrogens is 2. The van der Waals surface area contributed by atoms with Crippen LogP contribution in [0.5, 0.6) is 0 Å². The third-order valence-electron chi connectivity index (χ3n) is 8.64. The number of furan rings is 1. The predicted molar refractivity (Wildman–Crippen MR) is 190 cm³/mol. The van der Waals surface area contributed by atoms with Crippen LogP contribution >= 0.6 is 0 Å². The van der Waals surface area contributed by atoms with E-state index in [1.807, 2.05) is 36.4 Å². The van der Waals surface area contributed by atoms with E-state index in [4.69, 9.17) is 14.4 Å². The van der Waals surface area contributed by atoms with Crippen LogP contribution in [0, 0.1) is 0 Å². The molecule has 0 saturated heterocycles. The molecule has 0 bridgehead atoms. The highest BCUT2D eigenvalue weighted by molar-refractivity contribution is 6.20. The van der Waals surface area contributed by atoms with Crippen LogP contribution < -0.4 is 4.90 Å². The minimum Gasteiger partial charge on any atom is -0.455 e. The number of anilines is 3. The average molecular weight is 590 g/mol. The summed E-state index contributed by atoms with van der Waals surface area (Å²) < 4.78 is 6.70. The first-order valence-corrected chi connectivity index (χ1v) is 15.4. The molecule has 0 fully saturated rings. The van der Waals surface area contributed by atoms with Crippen molar-refractivity contribution in [1.29, 1.82) is 0 Å². The number of rotatable bonds is 5. The van der Waals surface area contributed by atoms with Crippen LogP contribution in [0.25, 0.3) is 66.3 Å². The van der Waals surface area contributed by atoms with E-state index < -0.39 is 0 Å². The fourth-order valence-corrected chi connectivity index (χ4v) is 6.51. The van der Waals surface area contributed by atoms with E-state index in [1.165, 1.54) is 0 Å². The molecule has 2 aromatic heterocycles. The van der Waals surface area contributed by atoms with Gasteiger partial charge in [-0.25, -0.2) is 9.97 Å². The average Bonchev–Trinajstić information content (AvgIpc) is 3.51. The van der Waals surface area contributed by atoms with E-state index >= 15 is 0 Å². The lowest BCUT2D eigenvalue weighted by molar-refractivity contribution is 0.673. The van der Waals surface area contributed by atoms with Crippen LogP contribution in [0.15, 0.2) is 168 Å². The third kappa shape index (κ3) is 4.31. The number of hydrogen-bond acceptors (Lipinski definition) is 4. The van der Waals surface area contributed by atoms with Crippen molar-refractivity contribution >= 4 is 60.7 Å². The van der Waals surface area contributed by atoms with Crippen molar-refractivity contribution in [3.05, 3.63) is 164 Å². The summed E-state index contributed by atoms with van der Waals surface area (Å²) in [5, 5.41) is 5.33. The molecule has 0 radical (unpaired) electrons. The fourth-order valence-electron chi connectivity index (χ4n) is 6.51. The Labute approximate surface area is 265 Å². The Hall–Kier alpha value is -6.26. The van der Waals surface area contributed by atoms with E-state index in [-0.39, 0.29) is 0 Å². The Morgan fingerprint density at radius 1 is 0.435 bits per heavy atom. The lowest BCUT2D eigenvalue weighted by atomic mass is 10.0. The number of benzene rings is 7. The molecule has 46 heavy (non-hydrogen) atoms. The molecule has 0 spiro atoms. The molecule has 0 aliphatic heterocycles. The smallest absolute Gasteiger partial charge is 0.160 e. The normalized spacial score (nSPS) is 11.5. The van der Waals surface area contributed by atoms with E-state index in [0.29, 0.717) is 5.82 Å². The predicted octanol–water partition coefficient (Wildman–Crippen LogP) is 11.5. The second-order valence-electron chi connectivity index (χ2n) is 11.4. The Kier molecular flexibility index (Phi) is 6.10.